The summed E-state index contributed by atoms with van der Waals surface area (Å²) in [5.41, 5.74) is 1.50. The maximum absolute atomic E-state index is 11.6. The van der Waals surface area contributed by atoms with E-state index < -0.39 is 0 Å². The van der Waals surface area contributed by atoms with Crippen molar-refractivity contribution in [3.05, 3.63) is 66.0 Å². The molecule has 3 aromatic rings. The maximum Gasteiger partial charge on any atom is 0.339 e. The highest BCUT2D eigenvalue weighted by molar-refractivity contribution is 5.89. The number of rotatable bonds is 6. The Morgan fingerprint density at radius 1 is 1.20 bits per heavy atom. The molecule has 25 heavy (non-hydrogen) atoms. The molecule has 0 atom stereocenters. The SMILES string of the molecule is CCOC(=O)c1ccc(NCc2ccnc(-n3ccnc3C)c2)nc1. The van der Waals surface area contributed by atoms with E-state index in [1.54, 1.807) is 31.5 Å². The smallest absolute Gasteiger partial charge is 0.339 e. The summed E-state index contributed by atoms with van der Waals surface area (Å²) < 4.78 is 6.87. The molecule has 0 bridgehead atoms. The van der Waals surface area contributed by atoms with Crippen LogP contribution < -0.4 is 5.32 Å². The van der Waals surface area contributed by atoms with E-state index in [4.69, 9.17) is 4.74 Å². The van der Waals surface area contributed by atoms with Crippen LogP contribution in [0, 0.1) is 6.92 Å². The molecule has 0 aliphatic rings. The van der Waals surface area contributed by atoms with Crippen molar-refractivity contribution in [2.24, 2.45) is 0 Å². The van der Waals surface area contributed by atoms with E-state index >= 15 is 0 Å². The van der Waals surface area contributed by atoms with Gasteiger partial charge in [-0.15, -0.1) is 0 Å². The molecular formula is C18H19N5O2. The zero-order chi connectivity index (χ0) is 17.6. The molecular weight excluding hydrogens is 318 g/mol. The van der Waals surface area contributed by atoms with Crippen molar-refractivity contribution < 1.29 is 9.53 Å². The van der Waals surface area contributed by atoms with Gasteiger partial charge in [-0.25, -0.2) is 19.7 Å². The molecule has 7 nitrogen and oxygen atoms in total. The van der Waals surface area contributed by atoms with E-state index in [1.807, 2.05) is 29.8 Å². The van der Waals surface area contributed by atoms with Crippen LogP contribution in [0.2, 0.25) is 0 Å². The number of carbonyl (C=O) groups is 1. The number of hydrogen-bond donors (Lipinski definition) is 1. The summed E-state index contributed by atoms with van der Waals surface area (Å²) in [5.74, 6) is 2.02. The van der Waals surface area contributed by atoms with Gasteiger partial charge in [0.1, 0.15) is 17.5 Å². The molecule has 7 heteroatoms. The second-order valence-electron chi connectivity index (χ2n) is 5.37. The lowest BCUT2D eigenvalue weighted by Gasteiger charge is -2.09. The fourth-order valence-electron chi connectivity index (χ4n) is 2.35. The molecule has 0 saturated heterocycles. The molecule has 128 valence electrons. The zero-order valence-corrected chi connectivity index (χ0v) is 14.1. The number of aryl methyl sites for hydroxylation is 1. The molecule has 1 N–H and O–H groups in total. The number of pyridine rings is 2. The first-order valence-electron chi connectivity index (χ1n) is 7.99. The van der Waals surface area contributed by atoms with Crippen molar-refractivity contribution in [1.29, 1.82) is 0 Å². The molecule has 0 saturated carbocycles. The number of carbonyl (C=O) groups excluding carboxylic acids is 1. The minimum Gasteiger partial charge on any atom is -0.462 e. The quantitative estimate of drug-likeness (QED) is 0.697. The van der Waals surface area contributed by atoms with Crippen LogP contribution in [0.1, 0.15) is 28.7 Å². The first-order chi connectivity index (χ1) is 12.2. The lowest BCUT2D eigenvalue weighted by atomic mass is 10.2. The highest BCUT2D eigenvalue weighted by Crippen LogP contribution is 2.12. The molecule has 0 aliphatic carbocycles. The molecule has 0 amide bonds. The van der Waals surface area contributed by atoms with Gasteiger partial charge >= 0.3 is 5.97 Å². The van der Waals surface area contributed by atoms with Gasteiger partial charge in [0.15, 0.2) is 0 Å². The normalized spacial score (nSPS) is 10.5. The number of aromatic nitrogens is 4. The first-order valence-corrected chi connectivity index (χ1v) is 7.99. The van der Waals surface area contributed by atoms with E-state index in [9.17, 15) is 4.79 Å². The van der Waals surface area contributed by atoms with Gasteiger partial charge in [0.05, 0.1) is 12.2 Å². The van der Waals surface area contributed by atoms with Gasteiger partial charge in [-0.1, -0.05) is 0 Å². The van der Waals surface area contributed by atoms with Crippen molar-refractivity contribution in [3.8, 4) is 5.82 Å². The third kappa shape index (κ3) is 4.00. The molecule has 3 heterocycles. The predicted octanol–water partition coefficient (Wildman–Crippen LogP) is 2.76. The Morgan fingerprint density at radius 3 is 2.76 bits per heavy atom. The minimum absolute atomic E-state index is 0.347. The molecule has 0 aromatic carbocycles. The maximum atomic E-state index is 11.6. The molecule has 0 fully saturated rings. The van der Waals surface area contributed by atoms with Crippen molar-refractivity contribution >= 4 is 11.8 Å². The summed E-state index contributed by atoms with van der Waals surface area (Å²) in [6.45, 7) is 4.64. The van der Waals surface area contributed by atoms with E-state index in [0.29, 0.717) is 24.5 Å². The average Bonchev–Trinajstić information content (AvgIpc) is 3.07. The Kier molecular flexibility index (Phi) is 5.03. The van der Waals surface area contributed by atoms with Crippen molar-refractivity contribution in [2.45, 2.75) is 20.4 Å². The molecule has 0 spiro atoms. The van der Waals surface area contributed by atoms with E-state index in [2.05, 4.69) is 20.3 Å². The molecule has 0 radical (unpaired) electrons. The second-order valence-corrected chi connectivity index (χ2v) is 5.37. The van der Waals surface area contributed by atoms with Gasteiger partial charge in [-0.05, 0) is 43.7 Å². The van der Waals surface area contributed by atoms with Gasteiger partial charge in [0.2, 0.25) is 0 Å². The van der Waals surface area contributed by atoms with Crippen LogP contribution in [-0.4, -0.2) is 32.1 Å². The summed E-state index contributed by atoms with van der Waals surface area (Å²) in [5, 5.41) is 3.23. The summed E-state index contributed by atoms with van der Waals surface area (Å²) in [6, 6.07) is 7.39. The van der Waals surface area contributed by atoms with Gasteiger partial charge in [-0.3, -0.25) is 4.57 Å². The second kappa shape index (κ2) is 7.57. The highest BCUT2D eigenvalue weighted by atomic mass is 16.5. The molecule has 0 aliphatic heterocycles. The molecule has 0 unspecified atom stereocenters. The number of imidazole rings is 1. The van der Waals surface area contributed by atoms with Gasteiger partial charge in [0.25, 0.3) is 0 Å². The number of anilines is 1. The van der Waals surface area contributed by atoms with Crippen LogP contribution in [0.4, 0.5) is 5.82 Å². The van der Waals surface area contributed by atoms with E-state index in [-0.39, 0.29) is 5.97 Å². The summed E-state index contributed by atoms with van der Waals surface area (Å²) >= 11 is 0. The number of nitrogens with one attached hydrogen (secondary N) is 1. The first kappa shape index (κ1) is 16.6. The van der Waals surface area contributed by atoms with Crippen molar-refractivity contribution in [2.75, 3.05) is 11.9 Å². The number of esters is 1. The van der Waals surface area contributed by atoms with E-state index in [0.717, 1.165) is 17.2 Å². The number of hydrogen-bond acceptors (Lipinski definition) is 6. The fraction of sp³-hybridized carbons (Fsp3) is 0.222. The van der Waals surface area contributed by atoms with Crippen molar-refractivity contribution in [1.82, 2.24) is 19.5 Å². The van der Waals surface area contributed by atoms with Crippen molar-refractivity contribution in [3.63, 3.8) is 0 Å². The summed E-state index contributed by atoms with van der Waals surface area (Å²) in [4.78, 5) is 24.4. The van der Waals surface area contributed by atoms with Gasteiger partial charge in [-0.2, -0.15) is 0 Å². The van der Waals surface area contributed by atoms with Crippen LogP contribution >= 0.6 is 0 Å². The topological polar surface area (TPSA) is 81.9 Å². The Bertz CT molecular complexity index is 858. The summed E-state index contributed by atoms with van der Waals surface area (Å²) in [7, 11) is 0. The minimum atomic E-state index is -0.365. The third-order valence-electron chi connectivity index (χ3n) is 3.63. The third-order valence-corrected chi connectivity index (χ3v) is 3.63. The van der Waals surface area contributed by atoms with Crippen LogP contribution in [-0.2, 0) is 11.3 Å². The molecule has 3 rings (SSSR count). The predicted molar refractivity (Wildman–Crippen MR) is 93.6 cm³/mol. The Balaban J connectivity index is 1.66. The lowest BCUT2D eigenvalue weighted by molar-refractivity contribution is 0.0526. The highest BCUT2D eigenvalue weighted by Gasteiger charge is 2.07. The van der Waals surface area contributed by atoms with Gasteiger partial charge in [0, 0.05) is 31.3 Å². The standard InChI is InChI=1S/C18H19N5O2/c1-3-25-18(24)15-4-5-16(22-12-15)21-11-14-6-7-20-17(10-14)23-9-8-19-13(23)2/h4-10,12H,3,11H2,1-2H3,(H,21,22). The lowest BCUT2D eigenvalue weighted by Crippen LogP contribution is -2.07. The Labute approximate surface area is 145 Å². The zero-order valence-electron chi connectivity index (χ0n) is 14.1. The largest absolute Gasteiger partial charge is 0.462 e. The van der Waals surface area contributed by atoms with Crippen LogP contribution in [0.25, 0.3) is 5.82 Å². The monoisotopic (exact) mass is 337 g/mol. The average molecular weight is 337 g/mol. The molecule has 3 aromatic heterocycles. The van der Waals surface area contributed by atoms with Gasteiger partial charge < -0.3 is 10.1 Å². The van der Waals surface area contributed by atoms with Crippen LogP contribution in [0.5, 0.6) is 0 Å². The van der Waals surface area contributed by atoms with Crippen LogP contribution in [0.15, 0.2) is 49.1 Å². The Hall–Kier alpha value is -3.22. The fourth-order valence-corrected chi connectivity index (χ4v) is 2.35. The number of nitrogens with zero attached hydrogens (tertiary/aromatic N) is 4. The Morgan fingerprint density at radius 2 is 2.08 bits per heavy atom. The number of ether oxygens (including phenoxy) is 1. The van der Waals surface area contributed by atoms with Crippen LogP contribution in [0.3, 0.4) is 0 Å². The van der Waals surface area contributed by atoms with E-state index in [1.165, 1.54) is 6.20 Å². The summed E-state index contributed by atoms with van der Waals surface area (Å²) in [6.07, 6.45) is 6.90.